The Kier molecular flexibility index (Phi) is 3.26. The van der Waals surface area contributed by atoms with Crippen molar-refractivity contribution >= 4 is 29.2 Å². The predicted octanol–water partition coefficient (Wildman–Crippen LogP) is 2.80. The highest BCUT2D eigenvalue weighted by Gasteiger charge is 2.51. The van der Waals surface area contributed by atoms with Crippen LogP contribution in [0.15, 0.2) is 36.4 Å². The van der Waals surface area contributed by atoms with E-state index in [-0.39, 0.29) is 17.7 Å². The summed E-state index contributed by atoms with van der Waals surface area (Å²) in [6, 6.07) is 6.79. The smallest absolute Gasteiger partial charge is 0.307 e. The SMILES string of the molecule is O=C(O)[C@@H]1[C@@H](C(=O)Nc2ccc(Cl)cc2)[C@H]2C=C[C@@H]1C2. The summed E-state index contributed by atoms with van der Waals surface area (Å²) >= 11 is 5.79. The zero-order valence-electron chi connectivity index (χ0n) is 10.6. The Balaban J connectivity index is 1.78. The van der Waals surface area contributed by atoms with Crippen LogP contribution in [0.2, 0.25) is 5.02 Å². The summed E-state index contributed by atoms with van der Waals surface area (Å²) in [5.41, 5.74) is 0.635. The average Bonchev–Trinajstić information content (AvgIpc) is 3.01. The van der Waals surface area contributed by atoms with Crippen molar-refractivity contribution < 1.29 is 14.7 Å². The van der Waals surface area contributed by atoms with E-state index >= 15 is 0 Å². The number of carbonyl (C=O) groups excluding carboxylic acids is 1. The van der Waals surface area contributed by atoms with Gasteiger partial charge in [0.05, 0.1) is 11.8 Å². The Bertz CT molecular complexity index is 581. The van der Waals surface area contributed by atoms with Crippen molar-refractivity contribution in [3.05, 3.63) is 41.4 Å². The number of carboxylic acid groups (broad SMARTS) is 1. The molecule has 1 saturated carbocycles. The number of hydrogen-bond donors (Lipinski definition) is 2. The van der Waals surface area contributed by atoms with E-state index < -0.39 is 17.8 Å². The molecule has 4 atom stereocenters. The summed E-state index contributed by atoms with van der Waals surface area (Å²) in [5, 5.41) is 12.7. The molecule has 0 saturated heterocycles. The van der Waals surface area contributed by atoms with E-state index in [0.717, 1.165) is 6.42 Å². The molecule has 1 amide bonds. The van der Waals surface area contributed by atoms with E-state index in [1.165, 1.54) is 0 Å². The summed E-state index contributed by atoms with van der Waals surface area (Å²) in [6.07, 6.45) is 4.65. The highest BCUT2D eigenvalue weighted by Crippen LogP contribution is 2.48. The zero-order valence-corrected chi connectivity index (χ0v) is 11.4. The molecule has 2 bridgehead atoms. The van der Waals surface area contributed by atoms with Gasteiger partial charge in [-0.2, -0.15) is 0 Å². The molecule has 4 nitrogen and oxygen atoms in total. The minimum atomic E-state index is -0.891. The van der Waals surface area contributed by atoms with Crippen molar-refractivity contribution in [2.24, 2.45) is 23.7 Å². The first-order valence-electron chi connectivity index (χ1n) is 6.54. The third kappa shape index (κ3) is 2.20. The van der Waals surface area contributed by atoms with Crippen LogP contribution in [0.4, 0.5) is 5.69 Å². The van der Waals surface area contributed by atoms with Crippen LogP contribution in [0.3, 0.4) is 0 Å². The second-order valence-corrected chi connectivity index (χ2v) is 5.77. The first kappa shape index (κ1) is 13.2. The molecule has 3 rings (SSSR count). The van der Waals surface area contributed by atoms with Crippen LogP contribution in [0.25, 0.3) is 0 Å². The molecule has 104 valence electrons. The molecule has 1 aromatic carbocycles. The fourth-order valence-corrected chi connectivity index (χ4v) is 3.40. The highest BCUT2D eigenvalue weighted by atomic mass is 35.5. The van der Waals surface area contributed by atoms with Crippen molar-refractivity contribution in [2.45, 2.75) is 6.42 Å². The monoisotopic (exact) mass is 291 g/mol. The summed E-state index contributed by atoms with van der Waals surface area (Å²) < 4.78 is 0. The van der Waals surface area contributed by atoms with Gasteiger partial charge < -0.3 is 10.4 Å². The Labute approximate surface area is 121 Å². The fraction of sp³-hybridized carbons (Fsp3) is 0.333. The Hall–Kier alpha value is -1.81. The molecule has 0 aliphatic heterocycles. The Morgan fingerprint density at radius 1 is 1.10 bits per heavy atom. The number of aliphatic carboxylic acids is 1. The zero-order chi connectivity index (χ0) is 14.3. The molecule has 0 radical (unpaired) electrons. The number of benzene rings is 1. The van der Waals surface area contributed by atoms with Gasteiger partial charge in [0.2, 0.25) is 5.91 Å². The van der Waals surface area contributed by atoms with E-state index in [2.05, 4.69) is 5.32 Å². The second-order valence-electron chi connectivity index (χ2n) is 5.33. The van der Waals surface area contributed by atoms with Gasteiger partial charge in [0.1, 0.15) is 0 Å². The predicted molar refractivity (Wildman–Crippen MR) is 75.4 cm³/mol. The number of fused-ring (bicyclic) bond motifs is 2. The molecule has 1 fully saturated rings. The lowest BCUT2D eigenvalue weighted by molar-refractivity contribution is -0.146. The summed E-state index contributed by atoms with van der Waals surface area (Å²) in [5.74, 6) is -2.20. The van der Waals surface area contributed by atoms with Gasteiger partial charge in [0.15, 0.2) is 0 Å². The van der Waals surface area contributed by atoms with Gasteiger partial charge in [-0.15, -0.1) is 0 Å². The van der Waals surface area contributed by atoms with Crippen molar-refractivity contribution in [2.75, 3.05) is 5.32 Å². The first-order chi connectivity index (χ1) is 9.56. The van der Waals surface area contributed by atoms with Crippen molar-refractivity contribution in [3.63, 3.8) is 0 Å². The molecule has 20 heavy (non-hydrogen) atoms. The number of allylic oxidation sites excluding steroid dienone is 2. The van der Waals surface area contributed by atoms with E-state index in [0.29, 0.717) is 10.7 Å². The Morgan fingerprint density at radius 2 is 1.70 bits per heavy atom. The van der Waals surface area contributed by atoms with Crippen LogP contribution in [0.5, 0.6) is 0 Å². The van der Waals surface area contributed by atoms with Gasteiger partial charge >= 0.3 is 5.97 Å². The average molecular weight is 292 g/mol. The third-order valence-corrected chi connectivity index (χ3v) is 4.41. The summed E-state index contributed by atoms with van der Waals surface area (Å²) in [6.45, 7) is 0. The molecule has 2 aliphatic carbocycles. The third-order valence-electron chi connectivity index (χ3n) is 4.16. The molecule has 5 heteroatoms. The van der Waals surface area contributed by atoms with Crippen LogP contribution < -0.4 is 5.32 Å². The lowest BCUT2D eigenvalue weighted by atomic mass is 9.82. The molecule has 0 aromatic heterocycles. The van der Waals surface area contributed by atoms with Crippen molar-refractivity contribution in [1.29, 1.82) is 0 Å². The number of carboxylic acids is 1. The van der Waals surface area contributed by atoms with Gasteiger partial charge in [-0.3, -0.25) is 9.59 Å². The minimum Gasteiger partial charge on any atom is -0.481 e. The molecule has 0 unspecified atom stereocenters. The molecular formula is C15H14ClNO3. The van der Waals surface area contributed by atoms with Crippen molar-refractivity contribution in [3.8, 4) is 0 Å². The maximum atomic E-state index is 12.4. The normalized spacial score (nSPS) is 30.4. The van der Waals surface area contributed by atoms with Crippen LogP contribution in [0, 0.1) is 23.7 Å². The van der Waals surface area contributed by atoms with Gasteiger partial charge in [-0.25, -0.2) is 0 Å². The number of amides is 1. The van der Waals surface area contributed by atoms with E-state index in [4.69, 9.17) is 11.6 Å². The second kappa shape index (κ2) is 4.94. The first-order valence-corrected chi connectivity index (χ1v) is 6.91. The van der Waals surface area contributed by atoms with E-state index in [9.17, 15) is 14.7 Å². The fourth-order valence-electron chi connectivity index (χ4n) is 3.28. The van der Waals surface area contributed by atoms with Crippen LogP contribution >= 0.6 is 11.6 Å². The summed E-state index contributed by atoms with van der Waals surface area (Å²) in [7, 11) is 0. The molecule has 0 heterocycles. The van der Waals surface area contributed by atoms with Gasteiger partial charge in [0, 0.05) is 10.7 Å². The van der Waals surface area contributed by atoms with Gasteiger partial charge in [-0.1, -0.05) is 23.8 Å². The maximum Gasteiger partial charge on any atom is 0.307 e. The van der Waals surface area contributed by atoms with Crippen LogP contribution in [-0.4, -0.2) is 17.0 Å². The number of nitrogens with one attached hydrogen (secondary N) is 1. The Morgan fingerprint density at radius 3 is 2.30 bits per heavy atom. The number of anilines is 1. The maximum absolute atomic E-state index is 12.4. The standard InChI is InChI=1S/C15H14ClNO3/c16-10-3-5-11(6-4-10)17-14(18)12-8-1-2-9(7-8)13(12)15(19)20/h1-6,8-9,12-13H,7H2,(H,17,18)(H,19,20)/t8-,9+,12-,13-/m0/s1. The highest BCUT2D eigenvalue weighted by molar-refractivity contribution is 6.30. The van der Waals surface area contributed by atoms with Crippen molar-refractivity contribution in [1.82, 2.24) is 0 Å². The molecule has 0 spiro atoms. The number of hydrogen-bond acceptors (Lipinski definition) is 2. The largest absolute Gasteiger partial charge is 0.481 e. The number of rotatable bonds is 3. The topological polar surface area (TPSA) is 66.4 Å². The lowest BCUT2D eigenvalue weighted by Gasteiger charge is -2.23. The molecule has 1 aromatic rings. The summed E-state index contributed by atoms with van der Waals surface area (Å²) in [4.78, 5) is 23.7. The number of halogens is 1. The number of carbonyl (C=O) groups is 2. The van der Waals surface area contributed by atoms with Crippen LogP contribution in [0.1, 0.15) is 6.42 Å². The molecule has 2 aliphatic rings. The minimum absolute atomic E-state index is 0.0153. The van der Waals surface area contributed by atoms with Crippen LogP contribution in [-0.2, 0) is 9.59 Å². The van der Waals surface area contributed by atoms with Gasteiger partial charge in [0.25, 0.3) is 0 Å². The lowest BCUT2D eigenvalue weighted by Crippen LogP contribution is -2.36. The molecule has 2 N–H and O–H groups in total. The van der Waals surface area contributed by atoms with E-state index in [1.807, 2.05) is 12.2 Å². The quantitative estimate of drug-likeness (QED) is 0.842. The molecular weight excluding hydrogens is 278 g/mol. The van der Waals surface area contributed by atoms with E-state index in [1.54, 1.807) is 24.3 Å². The van der Waals surface area contributed by atoms with Gasteiger partial charge in [-0.05, 0) is 42.5 Å².